The topological polar surface area (TPSA) is 74.8 Å². The molecule has 148 valence electrons. The van der Waals surface area contributed by atoms with Gasteiger partial charge in [-0.25, -0.2) is 9.97 Å². The molecule has 1 unspecified atom stereocenters. The molecule has 0 radical (unpaired) electrons. The van der Waals surface area contributed by atoms with E-state index in [9.17, 15) is 4.79 Å². The Balaban J connectivity index is 1.41. The van der Waals surface area contributed by atoms with Crippen LogP contribution in [0.15, 0.2) is 12.4 Å². The van der Waals surface area contributed by atoms with E-state index in [4.69, 9.17) is 4.98 Å². The molecule has 0 bridgehead atoms. The second-order valence-corrected chi connectivity index (χ2v) is 8.93. The predicted molar refractivity (Wildman–Crippen MR) is 106 cm³/mol. The van der Waals surface area contributed by atoms with E-state index in [0.29, 0.717) is 5.92 Å². The fourth-order valence-electron chi connectivity index (χ4n) is 5.67. The number of hydrogen-bond acceptors (Lipinski definition) is 4. The summed E-state index contributed by atoms with van der Waals surface area (Å²) in [5, 5.41) is 7.42. The zero-order valence-corrected chi connectivity index (χ0v) is 16.7. The van der Waals surface area contributed by atoms with Gasteiger partial charge in [0.05, 0.1) is 23.1 Å². The minimum absolute atomic E-state index is 0.00564. The van der Waals surface area contributed by atoms with Gasteiger partial charge in [-0.1, -0.05) is 19.3 Å². The first-order valence-corrected chi connectivity index (χ1v) is 10.8. The summed E-state index contributed by atoms with van der Waals surface area (Å²) in [5.74, 6) is 1.43. The molecule has 1 amide bonds. The van der Waals surface area contributed by atoms with Crippen molar-refractivity contribution in [2.45, 2.75) is 76.0 Å². The number of piperidine rings is 1. The Kier molecular flexibility index (Phi) is 4.44. The molecule has 1 N–H and O–H groups in total. The molecule has 6 heteroatoms. The van der Waals surface area contributed by atoms with Crippen molar-refractivity contribution in [3.63, 3.8) is 0 Å². The number of carbonyl (C=O) groups excluding carboxylic acids is 1. The maximum atomic E-state index is 13.5. The number of aryl methyl sites for hydroxylation is 2. The number of H-pyrrole nitrogens is 1. The van der Waals surface area contributed by atoms with E-state index in [1.54, 1.807) is 6.20 Å². The van der Waals surface area contributed by atoms with Crippen molar-refractivity contribution in [3.8, 4) is 0 Å². The predicted octanol–water partition coefficient (Wildman–Crippen LogP) is 3.68. The smallest absolute Gasteiger partial charge is 0.257 e. The van der Waals surface area contributed by atoms with Crippen LogP contribution in [-0.4, -0.2) is 44.1 Å². The van der Waals surface area contributed by atoms with Crippen LogP contribution in [0.3, 0.4) is 0 Å². The molecule has 2 fully saturated rings. The Morgan fingerprint density at radius 3 is 2.89 bits per heavy atom. The molecular weight excluding hydrogens is 350 g/mol. The second kappa shape index (κ2) is 6.98. The molecule has 1 aliphatic heterocycles. The van der Waals surface area contributed by atoms with Gasteiger partial charge in [-0.05, 0) is 51.0 Å². The zero-order valence-electron chi connectivity index (χ0n) is 16.7. The fraction of sp³-hybridized carbons (Fsp3) is 0.636. The molecule has 2 aromatic heterocycles. The Hall–Kier alpha value is -2.24. The number of fused-ring (bicyclic) bond motifs is 2. The van der Waals surface area contributed by atoms with Crippen LogP contribution in [0.4, 0.5) is 0 Å². The number of nitrogens with one attached hydrogen (secondary N) is 1. The molecule has 3 heterocycles. The van der Waals surface area contributed by atoms with Gasteiger partial charge in [-0.3, -0.25) is 9.89 Å². The highest BCUT2D eigenvalue weighted by Gasteiger charge is 2.45. The number of nitrogens with zero attached hydrogens (tertiary/aromatic N) is 4. The number of hydrogen-bond donors (Lipinski definition) is 1. The summed E-state index contributed by atoms with van der Waals surface area (Å²) in [7, 11) is 0. The van der Waals surface area contributed by atoms with Crippen LogP contribution in [0.2, 0.25) is 0 Å². The van der Waals surface area contributed by atoms with Gasteiger partial charge in [0, 0.05) is 30.6 Å². The number of aromatic amines is 1. The lowest BCUT2D eigenvalue weighted by molar-refractivity contribution is 0.0631. The lowest BCUT2D eigenvalue weighted by Crippen LogP contribution is -2.48. The minimum atomic E-state index is 0.00564. The largest absolute Gasteiger partial charge is 0.338 e. The maximum Gasteiger partial charge on any atom is 0.257 e. The molecule has 2 aromatic rings. The molecule has 5 rings (SSSR count). The Labute approximate surface area is 166 Å². The van der Waals surface area contributed by atoms with Crippen molar-refractivity contribution in [1.82, 2.24) is 25.1 Å². The summed E-state index contributed by atoms with van der Waals surface area (Å²) in [6, 6.07) is 0. The lowest BCUT2D eigenvalue weighted by Gasteiger charge is -2.40. The first-order chi connectivity index (χ1) is 13.7. The average molecular weight is 380 g/mol. The summed E-state index contributed by atoms with van der Waals surface area (Å²) in [4.78, 5) is 24.7. The van der Waals surface area contributed by atoms with E-state index in [0.717, 1.165) is 68.7 Å². The molecule has 1 atom stereocenters. The van der Waals surface area contributed by atoms with Crippen LogP contribution >= 0.6 is 0 Å². The van der Waals surface area contributed by atoms with Crippen molar-refractivity contribution < 1.29 is 4.79 Å². The normalized spacial score (nSPS) is 25.2. The third-order valence-corrected chi connectivity index (χ3v) is 7.14. The van der Waals surface area contributed by atoms with Crippen molar-refractivity contribution in [1.29, 1.82) is 0 Å². The molecule has 1 saturated carbocycles. The summed E-state index contributed by atoms with van der Waals surface area (Å²) in [5.41, 5.74) is 4.32. The van der Waals surface area contributed by atoms with Crippen LogP contribution in [0.25, 0.3) is 0 Å². The van der Waals surface area contributed by atoms with Gasteiger partial charge in [0.2, 0.25) is 0 Å². The average Bonchev–Trinajstić information content (AvgIpc) is 3.34. The maximum absolute atomic E-state index is 13.5. The highest BCUT2D eigenvalue weighted by atomic mass is 16.2. The number of rotatable bonds is 2. The summed E-state index contributed by atoms with van der Waals surface area (Å²) in [6.45, 7) is 3.56. The first-order valence-electron chi connectivity index (χ1n) is 10.8. The van der Waals surface area contributed by atoms with Crippen molar-refractivity contribution in [2.24, 2.45) is 0 Å². The van der Waals surface area contributed by atoms with E-state index in [2.05, 4.69) is 20.1 Å². The van der Waals surface area contributed by atoms with Crippen molar-refractivity contribution in [3.05, 3.63) is 40.7 Å². The fourth-order valence-corrected chi connectivity index (χ4v) is 5.67. The van der Waals surface area contributed by atoms with Crippen LogP contribution in [0, 0.1) is 6.92 Å². The molecule has 6 nitrogen and oxygen atoms in total. The first kappa shape index (κ1) is 17.8. The molecule has 2 aliphatic carbocycles. The number of carbonyl (C=O) groups is 1. The van der Waals surface area contributed by atoms with Gasteiger partial charge in [0.1, 0.15) is 5.82 Å². The SMILES string of the molecule is Cc1ncc2c(n1)C1(CCCN(C(=O)c3cn[nH]c3C3CCCCC3)C1)CC2. The summed E-state index contributed by atoms with van der Waals surface area (Å²) < 4.78 is 0. The van der Waals surface area contributed by atoms with Gasteiger partial charge in [-0.15, -0.1) is 0 Å². The standard InChI is InChI=1S/C22H29N5O/c1-15-23-12-17-8-10-22(20(17)25-15)9-5-11-27(14-22)21(28)18-13-24-26-19(18)16-6-3-2-4-7-16/h12-13,16H,2-11,14H2,1H3,(H,24,26). The second-order valence-electron chi connectivity index (χ2n) is 8.93. The summed E-state index contributed by atoms with van der Waals surface area (Å²) in [6.07, 6.45) is 14.1. The molecule has 3 aliphatic rings. The van der Waals surface area contributed by atoms with E-state index in [1.807, 2.05) is 13.1 Å². The molecular formula is C22H29N5O. The number of amides is 1. The van der Waals surface area contributed by atoms with E-state index in [1.165, 1.54) is 30.5 Å². The monoisotopic (exact) mass is 379 g/mol. The molecule has 1 spiro atoms. The molecule has 0 aromatic carbocycles. The number of aromatic nitrogens is 4. The van der Waals surface area contributed by atoms with E-state index >= 15 is 0 Å². The van der Waals surface area contributed by atoms with Gasteiger partial charge < -0.3 is 4.90 Å². The van der Waals surface area contributed by atoms with Gasteiger partial charge >= 0.3 is 0 Å². The lowest BCUT2D eigenvalue weighted by atomic mass is 9.77. The minimum Gasteiger partial charge on any atom is -0.338 e. The highest BCUT2D eigenvalue weighted by Crippen LogP contribution is 2.44. The molecule has 28 heavy (non-hydrogen) atoms. The Bertz CT molecular complexity index is 881. The van der Waals surface area contributed by atoms with Gasteiger partial charge in [-0.2, -0.15) is 5.10 Å². The van der Waals surface area contributed by atoms with Gasteiger partial charge in [0.25, 0.3) is 5.91 Å². The van der Waals surface area contributed by atoms with Crippen molar-refractivity contribution >= 4 is 5.91 Å². The Morgan fingerprint density at radius 2 is 2.04 bits per heavy atom. The van der Waals surface area contributed by atoms with Crippen LogP contribution < -0.4 is 0 Å². The number of likely N-dealkylation sites (tertiary alicyclic amines) is 1. The van der Waals surface area contributed by atoms with E-state index in [-0.39, 0.29) is 11.3 Å². The van der Waals surface area contributed by atoms with Crippen LogP contribution in [0.5, 0.6) is 0 Å². The third kappa shape index (κ3) is 2.93. The van der Waals surface area contributed by atoms with Gasteiger partial charge in [0.15, 0.2) is 0 Å². The van der Waals surface area contributed by atoms with Crippen molar-refractivity contribution in [2.75, 3.05) is 13.1 Å². The third-order valence-electron chi connectivity index (χ3n) is 7.14. The summed E-state index contributed by atoms with van der Waals surface area (Å²) >= 11 is 0. The zero-order chi connectivity index (χ0) is 19.1. The quantitative estimate of drug-likeness (QED) is 0.864. The van der Waals surface area contributed by atoms with Crippen LogP contribution in [-0.2, 0) is 11.8 Å². The van der Waals surface area contributed by atoms with E-state index < -0.39 is 0 Å². The van der Waals surface area contributed by atoms with Crippen LogP contribution in [0.1, 0.15) is 90.4 Å². The molecule has 1 saturated heterocycles. The highest BCUT2D eigenvalue weighted by molar-refractivity contribution is 5.95. The Morgan fingerprint density at radius 1 is 1.18 bits per heavy atom.